The Morgan fingerprint density at radius 3 is 2.62 bits per heavy atom. The van der Waals surface area contributed by atoms with Crippen molar-refractivity contribution < 1.29 is 9.53 Å². The average Bonchev–Trinajstić information content (AvgIpc) is 2.48. The molecule has 0 bridgehead atoms. The van der Waals surface area contributed by atoms with Crippen LogP contribution in [0.25, 0.3) is 0 Å². The molecule has 0 aromatic heterocycles. The molecule has 0 fully saturated rings. The van der Waals surface area contributed by atoms with Crippen LogP contribution in [-0.4, -0.2) is 11.7 Å². The molecule has 0 saturated heterocycles. The molecule has 0 aliphatic heterocycles. The number of hydrogen-bond donors (Lipinski definition) is 1. The van der Waals surface area contributed by atoms with Gasteiger partial charge in [0.2, 0.25) is 0 Å². The maximum Gasteiger partial charge on any atom is 0.252 e. The van der Waals surface area contributed by atoms with E-state index in [1.807, 2.05) is 19.1 Å². The van der Waals surface area contributed by atoms with E-state index in [2.05, 4.69) is 6.07 Å². The first-order valence-electron chi connectivity index (χ1n) is 6.40. The molecular formula is C16H14N2O2S. The van der Waals surface area contributed by atoms with Crippen LogP contribution in [0.3, 0.4) is 0 Å². The number of primary amides is 1. The van der Waals surface area contributed by atoms with Crippen molar-refractivity contribution in [1.82, 2.24) is 0 Å². The van der Waals surface area contributed by atoms with E-state index < -0.39 is 5.91 Å². The van der Waals surface area contributed by atoms with Crippen molar-refractivity contribution in [3.63, 3.8) is 0 Å². The molecule has 0 heterocycles. The van der Waals surface area contributed by atoms with E-state index in [1.165, 1.54) is 0 Å². The van der Waals surface area contributed by atoms with Gasteiger partial charge in [-0.3, -0.25) is 4.79 Å². The van der Waals surface area contributed by atoms with Gasteiger partial charge in [-0.1, -0.05) is 25.1 Å². The number of hydrogen-bond acceptors (Lipinski definition) is 4. The SMILES string of the molecule is CCSc1cccc(Oc2ccccc2C(N)=O)c1C#N. The standard InChI is InChI=1S/C16H14N2O2S/c1-2-21-15-9-5-8-14(12(15)10-17)20-13-7-4-3-6-11(13)16(18)19/h3-9H,2H2,1H3,(H2,18,19). The average molecular weight is 298 g/mol. The molecule has 2 rings (SSSR count). The molecule has 106 valence electrons. The first-order valence-corrected chi connectivity index (χ1v) is 7.38. The molecule has 0 unspecified atom stereocenters. The molecule has 21 heavy (non-hydrogen) atoms. The summed E-state index contributed by atoms with van der Waals surface area (Å²) in [5.41, 5.74) is 6.08. The quantitative estimate of drug-likeness (QED) is 0.856. The summed E-state index contributed by atoms with van der Waals surface area (Å²) in [7, 11) is 0. The van der Waals surface area contributed by atoms with E-state index in [1.54, 1.807) is 42.1 Å². The van der Waals surface area contributed by atoms with Gasteiger partial charge in [-0.15, -0.1) is 11.8 Å². The maximum absolute atomic E-state index is 11.4. The van der Waals surface area contributed by atoms with Crippen LogP contribution >= 0.6 is 11.8 Å². The lowest BCUT2D eigenvalue weighted by Crippen LogP contribution is -2.12. The Bertz CT molecular complexity index is 708. The zero-order chi connectivity index (χ0) is 15.2. The normalized spacial score (nSPS) is 9.90. The molecule has 0 aliphatic carbocycles. The van der Waals surface area contributed by atoms with Gasteiger partial charge in [-0.25, -0.2) is 0 Å². The molecule has 1 amide bonds. The molecule has 0 atom stereocenters. The number of ether oxygens (including phenoxy) is 1. The molecule has 5 heteroatoms. The minimum atomic E-state index is -0.566. The maximum atomic E-state index is 11.4. The molecule has 0 spiro atoms. The third kappa shape index (κ3) is 3.36. The zero-order valence-corrected chi connectivity index (χ0v) is 12.3. The number of thioether (sulfide) groups is 1. The van der Waals surface area contributed by atoms with Crippen LogP contribution in [0.1, 0.15) is 22.8 Å². The van der Waals surface area contributed by atoms with E-state index in [4.69, 9.17) is 10.5 Å². The van der Waals surface area contributed by atoms with Crippen molar-refractivity contribution in [3.8, 4) is 17.6 Å². The van der Waals surface area contributed by atoms with Crippen molar-refractivity contribution in [2.45, 2.75) is 11.8 Å². The van der Waals surface area contributed by atoms with Crippen LogP contribution in [0, 0.1) is 11.3 Å². The van der Waals surface area contributed by atoms with Gasteiger partial charge >= 0.3 is 0 Å². The van der Waals surface area contributed by atoms with E-state index in [0.717, 1.165) is 10.6 Å². The summed E-state index contributed by atoms with van der Waals surface area (Å²) in [6, 6.07) is 14.3. The van der Waals surface area contributed by atoms with Crippen LogP contribution < -0.4 is 10.5 Å². The lowest BCUT2D eigenvalue weighted by atomic mass is 10.2. The predicted molar refractivity (Wildman–Crippen MR) is 82.6 cm³/mol. The summed E-state index contributed by atoms with van der Waals surface area (Å²) in [5, 5.41) is 9.35. The first-order chi connectivity index (χ1) is 10.2. The highest BCUT2D eigenvalue weighted by molar-refractivity contribution is 7.99. The van der Waals surface area contributed by atoms with Gasteiger partial charge in [0, 0.05) is 4.90 Å². The number of amides is 1. The van der Waals surface area contributed by atoms with Crippen molar-refractivity contribution >= 4 is 17.7 Å². The molecule has 4 nitrogen and oxygen atoms in total. The van der Waals surface area contributed by atoms with E-state index in [-0.39, 0.29) is 5.56 Å². The number of para-hydroxylation sites is 1. The van der Waals surface area contributed by atoms with Gasteiger partial charge in [0.1, 0.15) is 23.1 Å². The monoisotopic (exact) mass is 298 g/mol. The fraction of sp³-hybridized carbons (Fsp3) is 0.125. The summed E-state index contributed by atoms with van der Waals surface area (Å²) in [6.45, 7) is 2.02. The van der Waals surface area contributed by atoms with Crippen molar-refractivity contribution in [1.29, 1.82) is 5.26 Å². The summed E-state index contributed by atoms with van der Waals surface area (Å²) in [6.07, 6.45) is 0. The molecule has 2 aromatic rings. The highest BCUT2D eigenvalue weighted by Crippen LogP contribution is 2.33. The van der Waals surface area contributed by atoms with Crippen LogP contribution in [0.15, 0.2) is 47.4 Å². The highest BCUT2D eigenvalue weighted by atomic mass is 32.2. The fourth-order valence-electron chi connectivity index (χ4n) is 1.86. The number of carbonyl (C=O) groups excluding carboxylic acids is 1. The van der Waals surface area contributed by atoms with Gasteiger partial charge in [-0.2, -0.15) is 5.26 Å². The van der Waals surface area contributed by atoms with Gasteiger partial charge in [0.15, 0.2) is 0 Å². The number of benzene rings is 2. The largest absolute Gasteiger partial charge is 0.455 e. The zero-order valence-electron chi connectivity index (χ0n) is 11.5. The first kappa shape index (κ1) is 14.9. The molecule has 2 aromatic carbocycles. The lowest BCUT2D eigenvalue weighted by molar-refractivity contribution is 0.0998. The summed E-state index contributed by atoms with van der Waals surface area (Å²) >= 11 is 1.57. The third-order valence-corrected chi connectivity index (χ3v) is 3.71. The topological polar surface area (TPSA) is 76.1 Å². The minimum absolute atomic E-state index is 0.287. The Labute approximate surface area is 127 Å². The second-order valence-electron chi connectivity index (χ2n) is 4.14. The Kier molecular flexibility index (Phi) is 4.85. The summed E-state index contributed by atoms with van der Waals surface area (Å²) in [5.74, 6) is 1.06. The van der Waals surface area contributed by atoms with E-state index >= 15 is 0 Å². The minimum Gasteiger partial charge on any atom is -0.455 e. The second-order valence-corrected chi connectivity index (χ2v) is 5.44. The smallest absolute Gasteiger partial charge is 0.252 e. The van der Waals surface area contributed by atoms with Gasteiger partial charge in [-0.05, 0) is 30.0 Å². The number of nitrogens with zero attached hydrogens (tertiary/aromatic N) is 1. The Morgan fingerprint density at radius 1 is 1.24 bits per heavy atom. The third-order valence-electron chi connectivity index (χ3n) is 2.77. The number of nitrogens with two attached hydrogens (primary N) is 1. The summed E-state index contributed by atoms with van der Waals surface area (Å²) in [4.78, 5) is 12.3. The van der Waals surface area contributed by atoms with Gasteiger partial charge < -0.3 is 10.5 Å². The van der Waals surface area contributed by atoms with E-state index in [0.29, 0.717) is 17.1 Å². The number of rotatable bonds is 5. The predicted octanol–water partition coefficient (Wildman–Crippen LogP) is 3.56. The number of nitriles is 1. The Balaban J connectivity index is 2.43. The number of carbonyl (C=O) groups is 1. The molecular weight excluding hydrogens is 284 g/mol. The Morgan fingerprint density at radius 2 is 1.95 bits per heavy atom. The van der Waals surface area contributed by atoms with Crippen molar-refractivity contribution in [2.24, 2.45) is 5.73 Å². The van der Waals surface area contributed by atoms with E-state index in [9.17, 15) is 10.1 Å². The van der Waals surface area contributed by atoms with Crippen LogP contribution in [-0.2, 0) is 0 Å². The van der Waals surface area contributed by atoms with Crippen molar-refractivity contribution in [3.05, 3.63) is 53.6 Å². The summed E-state index contributed by atoms with van der Waals surface area (Å²) < 4.78 is 5.74. The van der Waals surface area contributed by atoms with Gasteiger partial charge in [0.25, 0.3) is 5.91 Å². The van der Waals surface area contributed by atoms with Crippen LogP contribution in [0.5, 0.6) is 11.5 Å². The van der Waals surface area contributed by atoms with Gasteiger partial charge in [0.05, 0.1) is 5.56 Å². The fourth-order valence-corrected chi connectivity index (χ4v) is 2.64. The van der Waals surface area contributed by atoms with Crippen molar-refractivity contribution in [2.75, 3.05) is 5.75 Å². The lowest BCUT2D eigenvalue weighted by Gasteiger charge is -2.12. The Hall–Kier alpha value is -2.45. The van der Waals surface area contributed by atoms with Crippen LogP contribution in [0.2, 0.25) is 0 Å². The molecule has 0 saturated carbocycles. The highest BCUT2D eigenvalue weighted by Gasteiger charge is 2.13. The van der Waals surface area contributed by atoms with Crippen LogP contribution in [0.4, 0.5) is 0 Å². The molecule has 0 radical (unpaired) electrons. The molecule has 2 N–H and O–H groups in total. The second kappa shape index (κ2) is 6.82. The molecule has 0 aliphatic rings.